The van der Waals surface area contributed by atoms with Gasteiger partial charge in [-0.1, -0.05) is 30.3 Å². The van der Waals surface area contributed by atoms with E-state index in [1.54, 1.807) is 36.4 Å². The van der Waals surface area contributed by atoms with Crippen LogP contribution < -0.4 is 5.73 Å². The summed E-state index contributed by atoms with van der Waals surface area (Å²) in [7, 11) is 0. The fraction of sp³-hybridized carbons (Fsp3) is 0.118. The second kappa shape index (κ2) is 5.39. The summed E-state index contributed by atoms with van der Waals surface area (Å²) in [5.74, 6) is -0.125. The van der Waals surface area contributed by atoms with E-state index < -0.39 is 0 Å². The summed E-state index contributed by atoms with van der Waals surface area (Å²) in [5.41, 5.74) is 8.37. The van der Waals surface area contributed by atoms with Crippen LogP contribution in [0.4, 0.5) is 5.69 Å². The van der Waals surface area contributed by atoms with E-state index >= 15 is 0 Å². The summed E-state index contributed by atoms with van der Waals surface area (Å²) in [5, 5.41) is 0. The molecule has 1 aliphatic rings. The van der Waals surface area contributed by atoms with Gasteiger partial charge in [-0.15, -0.1) is 11.6 Å². The maximum absolute atomic E-state index is 12.8. The van der Waals surface area contributed by atoms with Crippen LogP contribution in [0.15, 0.2) is 41.4 Å². The highest BCUT2D eigenvalue weighted by atomic mass is 35.5. The van der Waals surface area contributed by atoms with E-state index in [0.717, 1.165) is 5.56 Å². The lowest BCUT2D eigenvalue weighted by Gasteiger charge is -2.20. The average molecular weight is 313 g/mol. The molecule has 4 nitrogen and oxygen atoms in total. The number of aliphatic imine (C=N–C) groups is 1. The van der Waals surface area contributed by atoms with Crippen LogP contribution in [0.5, 0.6) is 0 Å². The lowest BCUT2D eigenvalue weighted by molar-refractivity contribution is 0.0979. The SMILES string of the molecule is Cc1ccc2c(c1N=C(N)CCl)C(=O)c1ccccc1C2=O. The van der Waals surface area contributed by atoms with E-state index in [1.165, 1.54) is 0 Å². The number of amidine groups is 1. The van der Waals surface area contributed by atoms with Crippen LogP contribution in [0.3, 0.4) is 0 Å². The number of aryl methyl sites for hydroxylation is 1. The van der Waals surface area contributed by atoms with E-state index in [9.17, 15) is 9.59 Å². The number of fused-ring (bicyclic) bond motifs is 2. The molecule has 0 unspecified atom stereocenters. The first kappa shape index (κ1) is 14.5. The number of ketones is 2. The molecule has 0 aromatic heterocycles. The Labute approximate surface area is 132 Å². The number of rotatable bonds is 2. The molecule has 2 aromatic rings. The molecule has 2 aromatic carbocycles. The highest BCUT2D eigenvalue weighted by Crippen LogP contribution is 2.35. The van der Waals surface area contributed by atoms with Gasteiger partial charge in [-0.2, -0.15) is 0 Å². The Morgan fingerprint density at radius 3 is 2.32 bits per heavy atom. The average Bonchev–Trinajstić information content (AvgIpc) is 2.54. The van der Waals surface area contributed by atoms with Crippen LogP contribution in [-0.4, -0.2) is 23.3 Å². The zero-order valence-corrected chi connectivity index (χ0v) is 12.6. The molecule has 2 N–H and O–H groups in total. The third kappa shape index (κ3) is 2.12. The molecule has 0 bridgehead atoms. The molecule has 0 saturated heterocycles. The highest BCUT2D eigenvalue weighted by molar-refractivity contribution is 6.31. The lowest BCUT2D eigenvalue weighted by Crippen LogP contribution is -2.22. The van der Waals surface area contributed by atoms with Crippen molar-refractivity contribution in [2.24, 2.45) is 10.7 Å². The first-order chi connectivity index (χ1) is 10.5. The largest absolute Gasteiger partial charge is 0.386 e. The molecule has 0 spiro atoms. The van der Waals surface area contributed by atoms with Gasteiger partial charge < -0.3 is 5.73 Å². The molecule has 5 heteroatoms. The number of nitrogens with two attached hydrogens (primary N) is 1. The predicted octanol–water partition coefficient (Wildman–Crippen LogP) is 3.00. The zero-order valence-electron chi connectivity index (χ0n) is 11.9. The van der Waals surface area contributed by atoms with E-state index in [2.05, 4.69) is 4.99 Å². The van der Waals surface area contributed by atoms with Crippen molar-refractivity contribution in [1.29, 1.82) is 0 Å². The Balaban J connectivity index is 2.32. The van der Waals surface area contributed by atoms with Crippen molar-refractivity contribution >= 4 is 34.7 Å². The summed E-state index contributed by atoms with van der Waals surface area (Å²) >= 11 is 5.68. The molecule has 3 rings (SSSR count). The Morgan fingerprint density at radius 2 is 1.68 bits per heavy atom. The molecule has 0 amide bonds. The second-order valence-electron chi connectivity index (χ2n) is 5.09. The van der Waals surface area contributed by atoms with Gasteiger partial charge in [-0.3, -0.25) is 9.59 Å². The number of alkyl halides is 1. The van der Waals surface area contributed by atoms with E-state index in [0.29, 0.717) is 27.9 Å². The summed E-state index contributed by atoms with van der Waals surface area (Å²) in [6.45, 7) is 1.82. The molecule has 22 heavy (non-hydrogen) atoms. The van der Waals surface area contributed by atoms with Gasteiger partial charge in [0.1, 0.15) is 5.84 Å². The fourth-order valence-electron chi connectivity index (χ4n) is 2.59. The molecular weight excluding hydrogens is 300 g/mol. The molecule has 0 fully saturated rings. The van der Waals surface area contributed by atoms with Crippen LogP contribution in [0.25, 0.3) is 0 Å². The summed E-state index contributed by atoms with van der Waals surface area (Å²) < 4.78 is 0. The van der Waals surface area contributed by atoms with Crippen LogP contribution in [-0.2, 0) is 0 Å². The fourth-order valence-corrected chi connectivity index (χ4v) is 2.65. The van der Waals surface area contributed by atoms with E-state index in [1.807, 2.05) is 6.92 Å². The van der Waals surface area contributed by atoms with Gasteiger partial charge in [0.05, 0.1) is 17.1 Å². The molecule has 0 aliphatic heterocycles. The topological polar surface area (TPSA) is 72.5 Å². The normalized spacial score (nSPS) is 13.8. The maximum atomic E-state index is 12.8. The first-order valence-corrected chi connectivity index (χ1v) is 7.29. The minimum Gasteiger partial charge on any atom is -0.386 e. The summed E-state index contributed by atoms with van der Waals surface area (Å²) in [6, 6.07) is 10.2. The summed E-state index contributed by atoms with van der Waals surface area (Å²) in [4.78, 5) is 29.7. The smallest absolute Gasteiger partial charge is 0.196 e. The van der Waals surface area contributed by atoms with Crippen molar-refractivity contribution in [2.45, 2.75) is 6.92 Å². The number of nitrogens with zero attached hydrogens (tertiary/aromatic N) is 1. The lowest BCUT2D eigenvalue weighted by atomic mass is 9.82. The Kier molecular flexibility index (Phi) is 3.54. The first-order valence-electron chi connectivity index (χ1n) is 6.75. The van der Waals surface area contributed by atoms with E-state index in [-0.39, 0.29) is 23.3 Å². The number of halogens is 1. The van der Waals surface area contributed by atoms with Gasteiger partial charge in [0.25, 0.3) is 0 Å². The van der Waals surface area contributed by atoms with E-state index in [4.69, 9.17) is 17.3 Å². The van der Waals surface area contributed by atoms with Gasteiger partial charge in [0, 0.05) is 16.7 Å². The molecule has 110 valence electrons. The van der Waals surface area contributed by atoms with Gasteiger partial charge in [-0.05, 0) is 18.6 Å². The monoisotopic (exact) mass is 312 g/mol. The minimum atomic E-state index is -0.213. The van der Waals surface area contributed by atoms with Crippen LogP contribution in [0, 0.1) is 6.92 Å². The van der Waals surface area contributed by atoms with Gasteiger partial charge >= 0.3 is 0 Å². The Bertz CT molecular complexity index is 841. The number of benzene rings is 2. The standard InChI is InChI=1S/C17H13ClN2O2/c1-9-6-7-12-14(15(9)20-13(19)8-18)17(22)11-5-3-2-4-10(11)16(12)21/h2-7H,8H2,1H3,(H2,19,20). The third-order valence-corrected chi connectivity index (χ3v) is 3.93. The van der Waals surface area contributed by atoms with Crippen LogP contribution in [0.2, 0.25) is 0 Å². The van der Waals surface area contributed by atoms with Gasteiger partial charge in [-0.25, -0.2) is 4.99 Å². The van der Waals surface area contributed by atoms with Crippen molar-refractivity contribution in [3.63, 3.8) is 0 Å². The molecule has 0 atom stereocenters. The predicted molar refractivity (Wildman–Crippen MR) is 86.5 cm³/mol. The zero-order chi connectivity index (χ0) is 15.9. The molecule has 1 aliphatic carbocycles. The van der Waals surface area contributed by atoms with Crippen molar-refractivity contribution < 1.29 is 9.59 Å². The third-order valence-electron chi connectivity index (χ3n) is 3.66. The quantitative estimate of drug-likeness (QED) is 0.449. The van der Waals surface area contributed by atoms with Gasteiger partial charge in [0.2, 0.25) is 0 Å². The minimum absolute atomic E-state index is 0.0574. The number of hydrogen-bond donors (Lipinski definition) is 1. The van der Waals surface area contributed by atoms with Crippen molar-refractivity contribution in [3.05, 3.63) is 64.2 Å². The number of hydrogen-bond acceptors (Lipinski definition) is 3. The maximum Gasteiger partial charge on any atom is 0.196 e. The molecule has 0 saturated carbocycles. The van der Waals surface area contributed by atoms with Crippen molar-refractivity contribution in [1.82, 2.24) is 0 Å². The molecule has 0 radical (unpaired) electrons. The van der Waals surface area contributed by atoms with Crippen molar-refractivity contribution in [3.8, 4) is 0 Å². The Morgan fingerprint density at radius 1 is 1.05 bits per heavy atom. The van der Waals surface area contributed by atoms with Crippen molar-refractivity contribution in [2.75, 3.05) is 5.88 Å². The highest BCUT2D eigenvalue weighted by Gasteiger charge is 2.32. The second-order valence-corrected chi connectivity index (χ2v) is 5.36. The van der Waals surface area contributed by atoms with Crippen LogP contribution >= 0.6 is 11.6 Å². The van der Waals surface area contributed by atoms with Gasteiger partial charge in [0.15, 0.2) is 11.6 Å². The number of carbonyl (C=O) groups is 2. The molecular formula is C17H13ClN2O2. The molecule has 0 heterocycles. The Hall–Kier alpha value is -2.46. The summed E-state index contributed by atoms with van der Waals surface area (Å²) in [6.07, 6.45) is 0. The van der Waals surface area contributed by atoms with Crippen LogP contribution in [0.1, 0.15) is 37.4 Å². The number of carbonyl (C=O) groups excluding carboxylic acids is 2.